The molecular weight excluding hydrogens is 272 g/mol. The third-order valence-electron chi connectivity index (χ3n) is 3.77. The second-order valence-corrected chi connectivity index (χ2v) is 6.76. The molecule has 2 atom stereocenters. The molecule has 2 N–H and O–H groups in total. The molecular formula is C19H28N2O. The highest BCUT2D eigenvalue weighted by molar-refractivity contribution is 5.32. The van der Waals surface area contributed by atoms with Gasteiger partial charge in [-0.05, 0) is 44.9 Å². The van der Waals surface area contributed by atoms with Crippen LogP contribution in [0, 0.1) is 0 Å². The van der Waals surface area contributed by atoms with Crippen LogP contribution in [0.15, 0.2) is 54.1 Å². The Bertz CT molecular complexity index is 540. The average molecular weight is 300 g/mol. The van der Waals surface area contributed by atoms with E-state index in [1.807, 2.05) is 0 Å². The molecule has 0 saturated carbocycles. The van der Waals surface area contributed by atoms with Crippen LogP contribution in [0.5, 0.6) is 0 Å². The van der Waals surface area contributed by atoms with Crippen LogP contribution >= 0.6 is 0 Å². The summed E-state index contributed by atoms with van der Waals surface area (Å²) in [5.41, 5.74) is 2.51. The number of methoxy groups -OCH3 is 1. The third kappa shape index (κ3) is 4.38. The number of ether oxygens (including phenoxy) is 1. The SMILES string of the molecule is CCC1=C[C@@H](NC(C)(C)C)[C@H](c2ccccc2)C=C(OC)N1. The van der Waals surface area contributed by atoms with Crippen molar-refractivity contribution < 1.29 is 4.74 Å². The molecule has 0 aromatic heterocycles. The van der Waals surface area contributed by atoms with E-state index >= 15 is 0 Å². The Kier molecular flexibility index (Phi) is 5.30. The number of hydrogen-bond acceptors (Lipinski definition) is 3. The number of rotatable bonds is 4. The molecule has 0 fully saturated rings. The molecule has 0 saturated heterocycles. The molecule has 3 heteroatoms. The van der Waals surface area contributed by atoms with Gasteiger partial charge in [-0.3, -0.25) is 0 Å². The Morgan fingerprint density at radius 3 is 2.36 bits per heavy atom. The van der Waals surface area contributed by atoms with E-state index in [0.717, 1.165) is 12.3 Å². The fraction of sp³-hybridized carbons (Fsp3) is 0.474. The van der Waals surface area contributed by atoms with E-state index in [0.29, 0.717) is 0 Å². The fourth-order valence-corrected chi connectivity index (χ4v) is 2.76. The lowest BCUT2D eigenvalue weighted by atomic mass is 9.89. The maximum atomic E-state index is 5.51. The van der Waals surface area contributed by atoms with Crippen molar-refractivity contribution >= 4 is 0 Å². The van der Waals surface area contributed by atoms with E-state index in [-0.39, 0.29) is 17.5 Å². The first-order chi connectivity index (χ1) is 10.4. The van der Waals surface area contributed by atoms with Gasteiger partial charge in [0, 0.05) is 23.2 Å². The first-order valence-corrected chi connectivity index (χ1v) is 7.99. The summed E-state index contributed by atoms with van der Waals surface area (Å²) in [6.45, 7) is 8.76. The van der Waals surface area contributed by atoms with Crippen molar-refractivity contribution in [1.82, 2.24) is 10.6 Å². The maximum absolute atomic E-state index is 5.51. The molecule has 0 aliphatic carbocycles. The van der Waals surface area contributed by atoms with Crippen LogP contribution in [0.3, 0.4) is 0 Å². The van der Waals surface area contributed by atoms with Gasteiger partial charge in [-0.25, -0.2) is 0 Å². The lowest BCUT2D eigenvalue weighted by Gasteiger charge is -2.31. The van der Waals surface area contributed by atoms with Crippen molar-refractivity contribution in [3.05, 3.63) is 59.6 Å². The van der Waals surface area contributed by atoms with Gasteiger partial charge in [-0.2, -0.15) is 0 Å². The zero-order valence-corrected chi connectivity index (χ0v) is 14.3. The molecule has 0 amide bonds. The van der Waals surface area contributed by atoms with Gasteiger partial charge >= 0.3 is 0 Å². The minimum absolute atomic E-state index is 0.0401. The van der Waals surface area contributed by atoms with Gasteiger partial charge in [0.1, 0.15) is 0 Å². The molecule has 2 rings (SSSR count). The summed E-state index contributed by atoms with van der Waals surface area (Å²) in [5, 5.41) is 7.13. The third-order valence-corrected chi connectivity index (χ3v) is 3.77. The number of hydrogen-bond donors (Lipinski definition) is 2. The van der Waals surface area contributed by atoms with Gasteiger partial charge in [-0.15, -0.1) is 0 Å². The molecule has 3 nitrogen and oxygen atoms in total. The Morgan fingerprint density at radius 1 is 1.14 bits per heavy atom. The second-order valence-electron chi connectivity index (χ2n) is 6.76. The van der Waals surface area contributed by atoms with E-state index in [2.05, 4.69) is 80.8 Å². The van der Waals surface area contributed by atoms with E-state index < -0.39 is 0 Å². The second kappa shape index (κ2) is 7.01. The Balaban J connectivity index is 2.44. The maximum Gasteiger partial charge on any atom is 0.187 e. The van der Waals surface area contributed by atoms with E-state index in [9.17, 15) is 0 Å². The summed E-state index contributed by atoms with van der Waals surface area (Å²) >= 11 is 0. The molecule has 1 aromatic carbocycles. The molecule has 0 bridgehead atoms. The Labute approximate surface area is 134 Å². The standard InChI is InChI=1S/C19H28N2O/c1-6-15-12-17(21-19(2,3)4)16(13-18(20-15)22-5)14-10-8-7-9-11-14/h7-13,16-17,20-21H,6H2,1-5H3/t16-,17+/m0/s1. The van der Waals surface area contributed by atoms with Crippen LogP contribution < -0.4 is 10.6 Å². The van der Waals surface area contributed by atoms with E-state index in [1.165, 1.54) is 11.3 Å². The molecule has 1 aliphatic rings. The zero-order valence-electron chi connectivity index (χ0n) is 14.3. The Morgan fingerprint density at radius 2 is 1.82 bits per heavy atom. The van der Waals surface area contributed by atoms with E-state index in [4.69, 9.17) is 4.74 Å². The first-order valence-electron chi connectivity index (χ1n) is 7.99. The lowest BCUT2D eigenvalue weighted by molar-refractivity contribution is 0.266. The van der Waals surface area contributed by atoms with Gasteiger partial charge in [-0.1, -0.05) is 37.3 Å². The molecule has 1 heterocycles. The van der Waals surface area contributed by atoms with Crippen molar-refractivity contribution in [1.29, 1.82) is 0 Å². The summed E-state index contributed by atoms with van der Waals surface area (Å²) in [5.74, 6) is 1.05. The zero-order chi connectivity index (χ0) is 16.2. The highest BCUT2D eigenvalue weighted by Gasteiger charge is 2.27. The monoisotopic (exact) mass is 300 g/mol. The van der Waals surface area contributed by atoms with Crippen LogP contribution in [-0.4, -0.2) is 18.7 Å². The molecule has 1 aromatic rings. The summed E-state index contributed by atoms with van der Waals surface area (Å²) in [6, 6.07) is 10.8. The van der Waals surface area contributed by atoms with Gasteiger partial charge in [0.2, 0.25) is 0 Å². The average Bonchev–Trinajstić information content (AvgIpc) is 2.65. The van der Waals surface area contributed by atoms with Crippen LogP contribution in [0.25, 0.3) is 0 Å². The van der Waals surface area contributed by atoms with Crippen molar-refractivity contribution in [2.24, 2.45) is 0 Å². The summed E-state index contributed by atoms with van der Waals surface area (Å²) in [6.07, 6.45) is 5.42. The highest BCUT2D eigenvalue weighted by atomic mass is 16.5. The molecule has 22 heavy (non-hydrogen) atoms. The van der Waals surface area contributed by atoms with Crippen LogP contribution in [0.4, 0.5) is 0 Å². The number of benzene rings is 1. The molecule has 1 aliphatic heterocycles. The van der Waals surface area contributed by atoms with Gasteiger partial charge in [0.25, 0.3) is 0 Å². The first kappa shape index (κ1) is 16.6. The van der Waals surface area contributed by atoms with Crippen molar-refractivity contribution in [3.63, 3.8) is 0 Å². The lowest BCUT2D eigenvalue weighted by Crippen LogP contribution is -2.45. The summed E-state index contributed by atoms with van der Waals surface area (Å²) in [4.78, 5) is 0. The van der Waals surface area contributed by atoms with Crippen molar-refractivity contribution in [3.8, 4) is 0 Å². The highest BCUT2D eigenvalue weighted by Crippen LogP contribution is 2.28. The van der Waals surface area contributed by atoms with Crippen molar-refractivity contribution in [2.75, 3.05) is 7.11 Å². The largest absolute Gasteiger partial charge is 0.482 e. The van der Waals surface area contributed by atoms with Crippen LogP contribution in [0.1, 0.15) is 45.6 Å². The summed E-state index contributed by atoms with van der Waals surface area (Å²) < 4.78 is 5.51. The topological polar surface area (TPSA) is 33.3 Å². The van der Waals surface area contributed by atoms with Crippen LogP contribution in [0.2, 0.25) is 0 Å². The molecule has 120 valence electrons. The normalized spacial score (nSPS) is 22.2. The minimum atomic E-state index is 0.0401. The number of allylic oxidation sites excluding steroid dienone is 1. The fourth-order valence-electron chi connectivity index (χ4n) is 2.76. The van der Waals surface area contributed by atoms with Crippen LogP contribution in [-0.2, 0) is 4.74 Å². The van der Waals surface area contributed by atoms with Crippen molar-refractivity contribution in [2.45, 2.75) is 51.6 Å². The molecule has 0 radical (unpaired) electrons. The molecule has 0 unspecified atom stereocenters. The van der Waals surface area contributed by atoms with Gasteiger partial charge in [0.05, 0.1) is 7.11 Å². The van der Waals surface area contributed by atoms with E-state index in [1.54, 1.807) is 7.11 Å². The quantitative estimate of drug-likeness (QED) is 0.884. The Hall–Kier alpha value is -1.74. The van der Waals surface area contributed by atoms with Gasteiger partial charge < -0.3 is 15.4 Å². The predicted molar refractivity (Wildman–Crippen MR) is 92.5 cm³/mol. The minimum Gasteiger partial charge on any atom is -0.482 e. The number of nitrogens with one attached hydrogen (secondary N) is 2. The smallest absolute Gasteiger partial charge is 0.187 e. The molecule has 0 spiro atoms. The predicted octanol–water partition coefficient (Wildman–Crippen LogP) is 3.91. The summed E-state index contributed by atoms with van der Waals surface area (Å²) in [7, 11) is 1.71. The van der Waals surface area contributed by atoms with Gasteiger partial charge in [0.15, 0.2) is 5.88 Å².